The molecular weight excluding hydrogens is 262 g/mol. The smallest absolute Gasteiger partial charge is 0.143 e. The van der Waals surface area contributed by atoms with E-state index in [1.807, 2.05) is 24.3 Å². The van der Waals surface area contributed by atoms with Crippen LogP contribution in [-0.4, -0.2) is 9.97 Å². The summed E-state index contributed by atoms with van der Waals surface area (Å²) >= 11 is 3.17. The van der Waals surface area contributed by atoms with Crippen molar-refractivity contribution in [2.75, 3.05) is 5.73 Å². The normalized spacial score (nSPS) is 10.9. The first kappa shape index (κ1) is 11.5. The van der Waals surface area contributed by atoms with Crippen LogP contribution in [-0.2, 0) is 0 Å². The highest BCUT2D eigenvalue weighted by Gasteiger charge is 2.07. The lowest BCUT2D eigenvalue weighted by atomic mass is 10.3. The first-order valence-corrected chi connectivity index (χ1v) is 7.17. The largest absolute Gasteiger partial charge is 0.398 e. The van der Waals surface area contributed by atoms with Crippen molar-refractivity contribution in [2.45, 2.75) is 16.8 Å². The van der Waals surface area contributed by atoms with Crippen LogP contribution in [0, 0.1) is 6.92 Å². The van der Waals surface area contributed by atoms with E-state index in [1.165, 1.54) is 5.56 Å². The topological polar surface area (TPSA) is 51.8 Å². The van der Waals surface area contributed by atoms with Crippen LogP contribution < -0.4 is 5.73 Å². The SMILES string of the molecule is Cc1csc2nc(Sc3ccccc3N)cnc12. The van der Waals surface area contributed by atoms with Crippen LogP contribution in [0.15, 0.2) is 45.8 Å². The van der Waals surface area contributed by atoms with Crippen molar-refractivity contribution in [3.63, 3.8) is 0 Å². The fraction of sp³-hybridized carbons (Fsp3) is 0.0769. The average molecular weight is 273 g/mol. The van der Waals surface area contributed by atoms with Crippen LogP contribution in [0.3, 0.4) is 0 Å². The number of nitrogens with zero attached hydrogens (tertiary/aromatic N) is 2. The number of fused-ring (bicyclic) bond motifs is 1. The van der Waals surface area contributed by atoms with Crippen LogP contribution in [0.4, 0.5) is 5.69 Å². The molecule has 3 aromatic rings. The molecule has 0 atom stereocenters. The van der Waals surface area contributed by atoms with Crippen molar-refractivity contribution >= 4 is 39.1 Å². The van der Waals surface area contributed by atoms with Crippen molar-refractivity contribution in [2.24, 2.45) is 0 Å². The summed E-state index contributed by atoms with van der Waals surface area (Å²) in [6.07, 6.45) is 1.80. The fourth-order valence-corrected chi connectivity index (χ4v) is 3.38. The molecule has 2 N–H and O–H groups in total. The molecule has 0 aliphatic carbocycles. The summed E-state index contributed by atoms with van der Waals surface area (Å²) in [6, 6.07) is 7.78. The standard InChI is InChI=1S/C13H11N3S2/c1-8-7-17-13-12(8)15-6-11(16-13)18-10-5-3-2-4-9(10)14/h2-7H,14H2,1H3. The van der Waals surface area contributed by atoms with Crippen molar-refractivity contribution in [1.82, 2.24) is 9.97 Å². The summed E-state index contributed by atoms with van der Waals surface area (Å²) < 4.78 is 0. The number of hydrogen-bond donors (Lipinski definition) is 1. The highest BCUT2D eigenvalue weighted by atomic mass is 32.2. The highest BCUT2D eigenvalue weighted by Crippen LogP contribution is 2.32. The zero-order valence-corrected chi connectivity index (χ0v) is 11.4. The second-order valence-corrected chi connectivity index (χ2v) is 5.84. The van der Waals surface area contributed by atoms with Gasteiger partial charge in [-0.05, 0) is 30.0 Å². The number of aryl methyl sites for hydroxylation is 1. The van der Waals surface area contributed by atoms with Crippen LogP contribution in [0.2, 0.25) is 0 Å². The summed E-state index contributed by atoms with van der Waals surface area (Å²) in [4.78, 5) is 11.0. The number of benzene rings is 1. The molecule has 0 amide bonds. The molecule has 3 nitrogen and oxygen atoms in total. The molecule has 90 valence electrons. The number of aromatic nitrogens is 2. The van der Waals surface area contributed by atoms with E-state index < -0.39 is 0 Å². The van der Waals surface area contributed by atoms with Gasteiger partial charge >= 0.3 is 0 Å². The molecule has 1 aromatic carbocycles. The lowest BCUT2D eigenvalue weighted by Crippen LogP contribution is -1.89. The Balaban J connectivity index is 1.98. The molecule has 0 saturated heterocycles. The Morgan fingerprint density at radius 1 is 1.28 bits per heavy atom. The third-order valence-corrected chi connectivity index (χ3v) is 4.55. The molecule has 0 spiro atoms. The van der Waals surface area contributed by atoms with E-state index in [2.05, 4.69) is 22.3 Å². The van der Waals surface area contributed by atoms with Crippen molar-refractivity contribution < 1.29 is 0 Å². The lowest BCUT2D eigenvalue weighted by Gasteiger charge is -2.03. The van der Waals surface area contributed by atoms with Crippen molar-refractivity contribution in [3.8, 4) is 0 Å². The second-order valence-electron chi connectivity index (χ2n) is 3.92. The highest BCUT2D eigenvalue weighted by molar-refractivity contribution is 7.99. The number of nitrogen functional groups attached to an aromatic ring is 1. The number of para-hydroxylation sites is 1. The Bertz CT molecular complexity index is 706. The minimum absolute atomic E-state index is 0.770. The molecule has 2 heterocycles. The van der Waals surface area contributed by atoms with Gasteiger partial charge in [0.1, 0.15) is 15.4 Å². The van der Waals surface area contributed by atoms with Gasteiger partial charge in [-0.2, -0.15) is 0 Å². The number of thiophene rings is 1. The summed E-state index contributed by atoms with van der Waals surface area (Å²) in [6.45, 7) is 2.05. The fourth-order valence-electron chi connectivity index (χ4n) is 1.64. The molecule has 0 bridgehead atoms. The number of nitrogens with two attached hydrogens (primary N) is 1. The van der Waals surface area contributed by atoms with Gasteiger partial charge in [0.25, 0.3) is 0 Å². The molecule has 18 heavy (non-hydrogen) atoms. The van der Waals surface area contributed by atoms with Crippen LogP contribution in [0.1, 0.15) is 5.56 Å². The van der Waals surface area contributed by atoms with Crippen molar-refractivity contribution in [1.29, 1.82) is 0 Å². The minimum atomic E-state index is 0.770. The van der Waals surface area contributed by atoms with Crippen LogP contribution in [0.25, 0.3) is 10.3 Å². The molecule has 0 aliphatic heterocycles. The molecule has 0 aliphatic rings. The number of anilines is 1. The predicted octanol–water partition coefficient (Wildman–Crippen LogP) is 3.73. The van der Waals surface area contributed by atoms with E-state index in [0.29, 0.717) is 0 Å². The second kappa shape index (κ2) is 4.59. The van der Waals surface area contributed by atoms with E-state index >= 15 is 0 Å². The zero-order valence-electron chi connectivity index (χ0n) is 9.75. The van der Waals surface area contributed by atoms with E-state index in [4.69, 9.17) is 5.73 Å². The molecular formula is C13H11N3S2. The molecule has 3 rings (SSSR count). The third kappa shape index (κ3) is 2.07. The van der Waals surface area contributed by atoms with Gasteiger partial charge in [-0.1, -0.05) is 23.9 Å². The summed E-state index contributed by atoms with van der Waals surface area (Å²) in [5, 5.41) is 2.96. The molecule has 0 fully saturated rings. The first-order chi connectivity index (χ1) is 8.74. The molecule has 0 saturated carbocycles. The van der Waals surface area contributed by atoms with E-state index in [9.17, 15) is 0 Å². The Morgan fingerprint density at radius 2 is 2.11 bits per heavy atom. The third-order valence-electron chi connectivity index (χ3n) is 2.57. The van der Waals surface area contributed by atoms with E-state index in [-0.39, 0.29) is 0 Å². The summed E-state index contributed by atoms with van der Waals surface area (Å²) in [7, 11) is 0. The van der Waals surface area contributed by atoms with Gasteiger partial charge in [0, 0.05) is 10.6 Å². The maximum atomic E-state index is 5.92. The number of rotatable bonds is 2. The van der Waals surface area contributed by atoms with Gasteiger partial charge in [-0.3, -0.25) is 4.98 Å². The number of hydrogen-bond acceptors (Lipinski definition) is 5. The zero-order chi connectivity index (χ0) is 12.5. The maximum Gasteiger partial charge on any atom is 0.143 e. The first-order valence-electron chi connectivity index (χ1n) is 5.47. The molecule has 0 unspecified atom stereocenters. The van der Waals surface area contributed by atoms with Crippen LogP contribution >= 0.6 is 23.1 Å². The molecule has 5 heteroatoms. The quantitative estimate of drug-likeness (QED) is 0.723. The van der Waals surface area contributed by atoms with Crippen molar-refractivity contribution in [3.05, 3.63) is 41.4 Å². The predicted molar refractivity (Wildman–Crippen MR) is 77.1 cm³/mol. The van der Waals surface area contributed by atoms with E-state index in [0.717, 1.165) is 26.0 Å². The minimum Gasteiger partial charge on any atom is -0.398 e. The van der Waals surface area contributed by atoms with Gasteiger partial charge in [0.05, 0.1) is 6.20 Å². The Hall–Kier alpha value is -1.59. The summed E-state index contributed by atoms with van der Waals surface area (Å²) in [5.41, 5.74) is 8.86. The van der Waals surface area contributed by atoms with Gasteiger partial charge in [0.15, 0.2) is 0 Å². The Morgan fingerprint density at radius 3 is 2.94 bits per heavy atom. The lowest BCUT2D eigenvalue weighted by molar-refractivity contribution is 1.13. The summed E-state index contributed by atoms with van der Waals surface area (Å²) in [5.74, 6) is 0. The maximum absolute atomic E-state index is 5.92. The molecule has 0 radical (unpaired) electrons. The van der Waals surface area contributed by atoms with Gasteiger partial charge in [-0.15, -0.1) is 11.3 Å². The van der Waals surface area contributed by atoms with E-state index in [1.54, 1.807) is 29.3 Å². The Kier molecular flexibility index (Phi) is 2.93. The van der Waals surface area contributed by atoms with Gasteiger partial charge in [0.2, 0.25) is 0 Å². The Labute approximate surface area is 113 Å². The van der Waals surface area contributed by atoms with Gasteiger partial charge in [-0.25, -0.2) is 4.98 Å². The van der Waals surface area contributed by atoms with Crippen LogP contribution in [0.5, 0.6) is 0 Å². The average Bonchev–Trinajstić information content (AvgIpc) is 2.74. The monoisotopic (exact) mass is 273 g/mol. The van der Waals surface area contributed by atoms with Gasteiger partial charge < -0.3 is 5.73 Å². The molecule has 2 aromatic heterocycles.